The van der Waals surface area contributed by atoms with Crippen molar-refractivity contribution in [3.05, 3.63) is 38.6 Å². The number of carbonyl (C=O) groups is 2. The van der Waals surface area contributed by atoms with Gasteiger partial charge < -0.3 is 9.47 Å². The highest BCUT2D eigenvalue weighted by Crippen LogP contribution is 2.29. The Balaban J connectivity index is 2.71. The lowest BCUT2D eigenvalue weighted by Crippen LogP contribution is -2.15. The van der Waals surface area contributed by atoms with E-state index in [-0.39, 0.29) is 13.2 Å². The normalized spacial score (nSPS) is 10.0. The van der Waals surface area contributed by atoms with Crippen LogP contribution in [0.2, 0.25) is 0 Å². The average Bonchev–Trinajstić information content (AvgIpc) is 2.40. The molecule has 1 aromatic carbocycles. The molecule has 0 aliphatic heterocycles. The fraction of sp³-hybridized carbons (Fsp3) is 0.167. The number of halogens is 4. The summed E-state index contributed by atoms with van der Waals surface area (Å²) in [6.07, 6.45) is 1.06. The lowest BCUT2D eigenvalue weighted by molar-refractivity contribution is -0.138. The van der Waals surface area contributed by atoms with Crippen molar-refractivity contribution in [1.82, 2.24) is 0 Å². The summed E-state index contributed by atoms with van der Waals surface area (Å²) in [5.74, 6) is -0.947. The van der Waals surface area contributed by atoms with Gasteiger partial charge in [-0.2, -0.15) is 0 Å². The molecule has 0 saturated heterocycles. The summed E-state index contributed by atoms with van der Waals surface area (Å²) >= 11 is 8.66. The highest BCUT2D eigenvalue weighted by atomic mass is 127. The van der Waals surface area contributed by atoms with Crippen molar-refractivity contribution in [3.8, 4) is 0 Å². The largest absolute Gasteiger partial charge is 0.459 e. The summed E-state index contributed by atoms with van der Waals surface area (Å²) in [5, 5.41) is 0. The number of esters is 2. The Hall–Kier alpha value is 0.820. The summed E-state index contributed by atoms with van der Waals surface area (Å²) in [6.45, 7) is 3.32. The van der Waals surface area contributed by atoms with E-state index in [1.54, 1.807) is 0 Å². The van der Waals surface area contributed by atoms with E-state index in [2.05, 4.69) is 96.9 Å². The molecule has 0 unspecified atom stereocenters. The van der Waals surface area contributed by atoms with Crippen molar-refractivity contribution in [2.24, 2.45) is 0 Å². The van der Waals surface area contributed by atoms with Gasteiger partial charge in [-0.25, -0.2) is 9.59 Å². The van der Waals surface area contributed by atoms with E-state index in [1.165, 1.54) is 0 Å². The molecule has 20 heavy (non-hydrogen) atoms. The van der Waals surface area contributed by atoms with Crippen LogP contribution in [0.25, 0.3) is 0 Å². The monoisotopic (exact) mass is 724 g/mol. The lowest BCUT2D eigenvalue weighted by Gasteiger charge is -2.11. The maximum absolute atomic E-state index is 12.1. The second-order valence-electron chi connectivity index (χ2n) is 3.35. The number of ether oxygens (including phenoxy) is 2. The Kier molecular flexibility index (Phi) is 8.56. The van der Waals surface area contributed by atoms with Crippen LogP contribution in [-0.4, -0.2) is 25.2 Å². The lowest BCUT2D eigenvalue weighted by atomic mass is 10.2. The summed E-state index contributed by atoms with van der Waals surface area (Å²) in [6, 6.07) is 1.93. The zero-order valence-electron chi connectivity index (χ0n) is 9.92. The van der Waals surface area contributed by atoms with E-state index >= 15 is 0 Å². The van der Waals surface area contributed by atoms with Crippen LogP contribution in [0.1, 0.15) is 10.4 Å². The molecule has 108 valence electrons. The van der Waals surface area contributed by atoms with E-state index in [0.29, 0.717) is 5.56 Å². The minimum Gasteiger partial charge on any atom is -0.459 e. The van der Waals surface area contributed by atoms with E-state index in [0.717, 1.165) is 20.4 Å². The van der Waals surface area contributed by atoms with Gasteiger partial charge in [-0.15, -0.1) is 0 Å². The molecule has 1 rings (SSSR count). The number of carbonyl (C=O) groups excluding carboxylic acids is 2. The number of hydrogen-bond donors (Lipinski definition) is 0. The standard InChI is InChI=1S/C12H8I4O4/c1-2-8(17)19-3-4-20-12(18)9-6(13)5-7(14)10(15)11(9)16/h2,5H,1,3-4H2. The van der Waals surface area contributed by atoms with Crippen molar-refractivity contribution in [1.29, 1.82) is 0 Å². The molecule has 0 saturated carbocycles. The molecule has 0 heterocycles. The molecular formula is C12H8I4O4. The van der Waals surface area contributed by atoms with Crippen molar-refractivity contribution >= 4 is 102 Å². The van der Waals surface area contributed by atoms with Gasteiger partial charge >= 0.3 is 11.9 Å². The molecule has 0 amide bonds. The number of rotatable bonds is 5. The second kappa shape index (κ2) is 9.07. The molecular weight excluding hydrogens is 716 g/mol. The Morgan fingerprint density at radius 2 is 1.65 bits per heavy atom. The van der Waals surface area contributed by atoms with Gasteiger partial charge in [0.2, 0.25) is 0 Å². The molecule has 1 aromatic rings. The Morgan fingerprint density at radius 1 is 1.05 bits per heavy atom. The summed E-state index contributed by atoms with van der Waals surface area (Å²) in [7, 11) is 0. The molecule has 0 bridgehead atoms. The Labute approximate surface area is 171 Å². The van der Waals surface area contributed by atoms with Gasteiger partial charge in [0.25, 0.3) is 0 Å². The fourth-order valence-electron chi connectivity index (χ4n) is 1.16. The SMILES string of the molecule is C=CC(=O)OCCOC(=O)c1c(I)cc(I)c(I)c1I. The molecule has 8 heteroatoms. The van der Waals surface area contributed by atoms with Crippen molar-refractivity contribution in [2.45, 2.75) is 0 Å². The first-order valence-electron chi connectivity index (χ1n) is 5.17. The molecule has 0 aliphatic rings. The number of hydrogen-bond acceptors (Lipinski definition) is 4. The first-order chi connectivity index (χ1) is 9.38. The van der Waals surface area contributed by atoms with E-state index in [4.69, 9.17) is 9.47 Å². The third kappa shape index (κ3) is 5.23. The fourth-order valence-corrected chi connectivity index (χ4v) is 5.40. The maximum Gasteiger partial charge on any atom is 0.340 e. The average molecular weight is 724 g/mol. The van der Waals surface area contributed by atoms with Gasteiger partial charge in [0.15, 0.2) is 0 Å². The third-order valence-electron chi connectivity index (χ3n) is 2.05. The zero-order valence-corrected chi connectivity index (χ0v) is 18.6. The van der Waals surface area contributed by atoms with E-state index in [1.807, 2.05) is 6.07 Å². The van der Waals surface area contributed by atoms with Crippen LogP contribution in [-0.2, 0) is 14.3 Å². The predicted molar refractivity (Wildman–Crippen MR) is 109 cm³/mol. The van der Waals surface area contributed by atoms with Crippen LogP contribution in [0.4, 0.5) is 0 Å². The van der Waals surface area contributed by atoms with Crippen LogP contribution >= 0.6 is 90.4 Å². The second-order valence-corrected chi connectivity index (χ2v) is 7.83. The Morgan fingerprint density at radius 3 is 2.25 bits per heavy atom. The van der Waals surface area contributed by atoms with Crippen molar-refractivity contribution in [3.63, 3.8) is 0 Å². The third-order valence-corrected chi connectivity index (χ3v) is 8.01. The minimum atomic E-state index is -0.533. The smallest absolute Gasteiger partial charge is 0.340 e. The summed E-state index contributed by atoms with van der Waals surface area (Å²) < 4.78 is 13.7. The molecule has 0 aliphatic carbocycles. The molecule has 4 nitrogen and oxygen atoms in total. The van der Waals surface area contributed by atoms with Crippen LogP contribution in [0.15, 0.2) is 18.7 Å². The summed E-state index contributed by atoms with van der Waals surface area (Å²) in [4.78, 5) is 22.9. The first-order valence-corrected chi connectivity index (χ1v) is 9.49. The molecule has 0 N–H and O–H groups in total. The molecule has 0 radical (unpaired) electrons. The van der Waals surface area contributed by atoms with Crippen molar-refractivity contribution < 1.29 is 19.1 Å². The van der Waals surface area contributed by atoms with Crippen LogP contribution < -0.4 is 0 Å². The summed E-state index contributed by atoms with van der Waals surface area (Å²) in [5.41, 5.74) is 0.547. The van der Waals surface area contributed by atoms with Gasteiger partial charge in [-0.3, -0.25) is 0 Å². The van der Waals surface area contributed by atoms with Gasteiger partial charge in [0, 0.05) is 20.4 Å². The highest BCUT2D eigenvalue weighted by Gasteiger charge is 2.19. The first kappa shape index (κ1) is 18.9. The molecule has 0 spiro atoms. The molecule has 0 fully saturated rings. The molecule has 0 aromatic heterocycles. The quantitative estimate of drug-likeness (QED) is 0.115. The van der Waals surface area contributed by atoms with Crippen LogP contribution in [0.3, 0.4) is 0 Å². The topological polar surface area (TPSA) is 52.6 Å². The molecule has 0 atom stereocenters. The zero-order chi connectivity index (χ0) is 15.3. The van der Waals surface area contributed by atoms with Crippen LogP contribution in [0.5, 0.6) is 0 Å². The van der Waals surface area contributed by atoms with Crippen molar-refractivity contribution in [2.75, 3.05) is 13.2 Å². The van der Waals surface area contributed by atoms with Gasteiger partial charge in [0.05, 0.1) is 5.56 Å². The maximum atomic E-state index is 12.1. The number of benzene rings is 1. The van der Waals surface area contributed by atoms with Gasteiger partial charge in [0.1, 0.15) is 13.2 Å². The van der Waals surface area contributed by atoms with Crippen LogP contribution in [0, 0.1) is 14.3 Å². The van der Waals surface area contributed by atoms with E-state index in [9.17, 15) is 9.59 Å². The van der Waals surface area contributed by atoms with E-state index < -0.39 is 11.9 Å². The van der Waals surface area contributed by atoms with Gasteiger partial charge in [-0.1, -0.05) is 6.58 Å². The highest BCUT2D eigenvalue weighted by molar-refractivity contribution is 14.1. The predicted octanol–water partition coefficient (Wildman–Crippen LogP) is 3.99. The van der Waals surface area contributed by atoms with Gasteiger partial charge in [-0.05, 0) is 96.4 Å². The minimum absolute atomic E-state index is 0.0191. The Bertz CT molecular complexity index is 557.